The number of ether oxygens (including phenoxy) is 1. The van der Waals surface area contributed by atoms with Crippen molar-refractivity contribution in [1.29, 1.82) is 0 Å². The van der Waals surface area contributed by atoms with E-state index in [9.17, 15) is 5.11 Å². The van der Waals surface area contributed by atoms with Crippen LogP contribution in [0.15, 0.2) is 60.7 Å². The number of nitrogens with zero attached hydrogens (tertiary/aromatic N) is 1. The minimum atomic E-state index is -0.517. The molecule has 0 saturated carbocycles. The Kier molecular flexibility index (Phi) is 7.84. The highest BCUT2D eigenvalue weighted by Crippen LogP contribution is 2.25. The van der Waals surface area contributed by atoms with Crippen molar-refractivity contribution in [3.63, 3.8) is 0 Å². The number of aliphatic hydroxyl groups is 1. The van der Waals surface area contributed by atoms with Gasteiger partial charge in [0.25, 0.3) is 0 Å². The molecular formula is C23H32N2O2. The topological polar surface area (TPSA) is 44.7 Å². The summed E-state index contributed by atoms with van der Waals surface area (Å²) in [6.45, 7) is 6.33. The molecule has 0 amide bonds. The number of hydrogen-bond acceptors (Lipinski definition) is 4. The van der Waals surface area contributed by atoms with Crippen LogP contribution >= 0.6 is 0 Å². The Morgan fingerprint density at radius 2 is 1.70 bits per heavy atom. The standard InChI is InChI=1S/C23H32N2O2/c1-2-25-15-9-14-21(25)16-24-17-22(26)18-27-23(19-10-5-3-6-11-19)20-12-7-4-8-13-20/h3-8,10-13,21-24,26H,2,9,14-18H2,1H3/t21-,22+/m1/s1. The Morgan fingerprint density at radius 1 is 1.07 bits per heavy atom. The van der Waals surface area contributed by atoms with Gasteiger partial charge in [-0.1, -0.05) is 67.6 Å². The van der Waals surface area contributed by atoms with Gasteiger partial charge < -0.3 is 15.2 Å². The number of likely N-dealkylation sites (tertiary alicyclic amines) is 1. The molecule has 4 nitrogen and oxygen atoms in total. The summed E-state index contributed by atoms with van der Waals surface area (Å²) in [6, 6.07) is 21.0. The van der Waals surface area contributed by atoms with Gasteiger partial charge in [0, 0.05) is 19.1 Å². The van der Waals surface area contributed by atoms with Crippen LogP contribution in [0.2, 0.25) is 0 Å². The summed E-state index contributed by atoms with van der Waals surface area (Å²) in [5, 5.41) is 13.8. The Balaban J connectivity index is 1.49. The number of likely N-dealkylation sites (N-methyl/N-ethyl adjacent to an activating group) is 1. The molecule has 1 aliphatic rings. The molecule has 2 N–H and O–H groups in total. The third kappa shape index (κ3) is 5.88. The van der Waals surface area contributed by atoms with Crippen LogP contribution in [0.5, 0.6) is 0 Å². The maximum Gasteiger partial charge on any atom is 0.108 e. The van der Waals surface area contributed by atoms with Crippen molar-refractivity contribution < 1.29 is 9.84 Å². The summed E-state index contributed by atoms with van der Waals surface area (Å²) < 4.78 is 6.14. The molecule has 3 rings (SSSR count). The molecule has 1 heterocycles. The summed E-state index contributed by atoms with van der Waals surface area (Å²) in [7, 11) is 0. The molecule has 1 saturated heterocycles. The van der Waals surface area contributed by atoms with Crippen LogP contribution in [-0.4, -0.2) is 54.9 Å². The first-order valence-corrected chi connectivity index (χ1v) is 10.1. The van der Waals surface area contributed by atoms with E-state index < -0.39 is 6.10 Å². The molecule has 0 aromatic heterocycles. The molecule has 2 aromatic carbocycles. The van der Waals surface area contributed by atoms with Crippen molar-refractivity contribution in [1.82, 2.24) is 10.2 Å². The summed E-state index contributed by atoms with van der Waals surface area (Å²) in [4.78, 5) is 2.51. The van der Waals surface area contributed by atoms with Crippen LogP contribution in [0, 0.1) is 0 Å². The summed E-state index contributed by atoms with van der Waals surface area (Å²) >= 11 is 0. The van der Waals surface area contributed by atoms with Gasteiger partial charge in [-0.05, 0) is 37.1 Å². The molecule has 4 heteroatoms. The van der Waals surface area contributed by atoms with E-state index in [1.807, 2.05) is 36.4 Å². The molecular weight excluding hydrogens is 336 g/mol. The van der Waals surface area contributed by atoms with Crippen molar-refractivity contribution in [2.45, 2.75) is 38.0 Å². The van der Waals surface area contributed by atoms with Crippen LogP contribution in [-0.2, 0) is 4.74 Å². The zero-order chi connectivity index (χ0) is 18.9. The van der Waals surface area contributed by atoms with Crippen molar-refractivity contribution in [3.8, 4) is 0 Å². The van der Waals surface area contributed by atoms with E-state index in [1.54, 1.807) is 0 Å². The monoisotopic (exact) mass is 368 g/mol. The molecule has 1 fully saturated rings. The Labute approximate surface area is 163 Å². The Morgan fingerprint density at radius 3 is 2.30 bits per heavy atom. The van der Waals surface area contributed by atoms with Gasteiger partial charge in [-0.3, -0.25) is 4.90 Å². The normalized spacial score (nSPS) is 18.9. The highest BCUT2D eigenvalue weighted by molar-refractivity contribution is 5.29. The van der Waals surface area contributed by atoms with E-state index in [0.29, 0.717) is 19.2 Å². The van der Waals surface area contributed by atoms with Gasteiger partial charge >= 0.3 is 0 Å². The van der Waals surface area contributed by atoms with Gasteiger partial charge in [-0.25, -0.2) is 0 Å². The van der Waals surface area contributed by atoms with E-state index in [0.717, 1.165) is 24.2 Å². The van der Waals surface area contributed by atoms with Gasteiger partial charge in [0.2, 0.25) is 0 Å². The maximum absolute atomic E-state index is 10.4. The van der Waals surface area contributed by atoms with Gasteiger partial charge in [0.1, 0.15) is 6.10 Å². The summed E-state index contributed by atoms with van der Waals surface area (Å²) in [5.74, 6) is 0. The first-order chi connectivity index (χ1) is 13.3. The predicted molar refractivity (Wildman–Crippen MR) is 110 cm³/mol. The van der Waals surface area contributed by atoms with Crippen LogP contribution in [0.4, 0.5) is 0 Å². The molecule has 146 valence electrons. The van der Waals surface area contributed by atoms with E-state index in [4.69, 9.17) is 4.74 Å². The molecule has 1 aliphatic heterocycles. The molecule has 0 spiro atoms. The highest BCUT2D eigenvalue weighted by atomic mass is 16.5. The number of aliphatic hydroxyl groups excluding tert-OH is 1. The van der Waals surface area contributed by atoms with Crippen molar-refractivity contribution in [2.75, 3.05) is 32.8 Å². The predicted octanol–water partition coefficient (Wildman–Crippen LogP) is 3.23. The average Bonchev–Trinajstić information content (AvgIpc) is 3.17. The first kappa shape index (κ1) is 20.0. The Bertz CT molecular complexity index is 610. The van der Waals surface area contributed by atoms with Crippen molar-refractivity contribution >= 4 is 0 Å². The van der Waals surface area contributed by atoms with Crippen LogP contribution in [0.1, 0.15) is 37.0 Å². The SMILES string of the molecule is CCN1CCC[C@@H]1CNC[C@H](O)COC(c1ccccc1)c1ccccc1. The minimum Gasteiger partial charge on any atom is -0.389 e. The molecule has 0 aliphatic carbocycles. The number of benzene rings is 2. The second-order valence-electron chi connectivity index (χ2n) is 7.27. The smallest absolute Gasteiger partial charge is 0.108 e. The summed E-state index contributed by atoms with van der Waals surface area (Å²) in [5.41, 5.74) is 2.21. The van der Waals surface area contributed by atoms with Crippen molar-refractivity contribution in [3.05, 3.63) is 71.8 Å². The fourth-order valence-electron chi connectivity index (χ4n) is 3.87. The van der Waals surface area contributed by atoms with Crippen molar-refractivity contribution in [2.24, 2.45) is 0 Å². The van der Waals surface area contributed by atoms with Gasteiger partial charge in [0.15, 0.2) is 0 Å². The quantitative estimate of drug-likeness (QED) is 0.676. The molecule has 0 radical (unpaired) electrons. The number of nitrogens with one attached hydrogen (secondary N) is 1. The lowest BCUT2D eigenvalue weighted by Crippen LogP contribution is -2.41. The zero-order valence-corrected chi connectivity index (χ0v) is 16.3. The fourth-order valence-corrected chi connectivity index (χ4v) is 3.87. The fraction of sp³-hybridized carbons (Fsp3) is 0.478. The number of hydrogen-bond donors (Lipinski definition) is 2. The average molecular weight is 369 g/mol. The van der Waals surface area contributed by atoms with Gasteiger partial charge in [-0.15, -0.1) is 0 Å². The third-order valence-corrected chi connectivity index (χ3v) is 5.33. The third-order valence-electron chi connectivity index (χ3n) is 5.33. The zero-order valence-electron chi connectivity index (χ0n) is 16.3. The molecule has 2 atom stereocenters. The Hall–Kier alpha value is -1.72. The lowest BCUT2D eigenvalue weighted by Gasteiger charge is -2.24. The second-order valence-corrected chi connectivity index (χ2v) is 7.27. The number of rotatable bonds is 10. The first-order valence-electron chi connectivity index (χ1n) is 10.1. The van der Waals surface area contributed by atoms with Crippen LogP contribution < -0.4 is 5.32 Å². The molecule has 0 unspecified atom stereocenters. The van der Waals surface area contributed by atoms with Gasteiger partial charge in [-0.2, -0.15) is 0 Å². The highest BCUT2D eigenvalue weighted by Gasteiger charge is 2.22. The van der Waals surface area contributed by atoms with E-state index in [2.05, 4.69) is 41.4 Å². The minimum absolute atomic E-state index is 0.160. The van der Waals surface area contributed by atoms with E-state index >= 15 is 0 Å². The van der Waals surface area contributed by atoms with E-state index in [1.165, 1.54) is 19.4 Å². The molecule has 0 bridgehead atoms. The molecule has 2 aromatic rings. The molecule has 27 heavy (non-hydrogen) atoms. The van der Waals surface area contributed by atoms with E-state index in [-0.39, 0.29) is 6.10 Å². The largest absolute Gasteiger partial charge is 0.389 e. The maximum atomic E-state index is 10.4. The second kappa shape index (κ2) is 10.6. The summed E-state index contributed by atoms with van der Waals surface area (Å²) in [6.07, 6.45) is 1.85. The van der Waals surface area contributed by atoms with Crippen LogP contribution in [0.25, 0.3) is 0 Å². The van der Waals surface area contributed by atoms with Gasteiger partial charge in [0.05, 0.1) is 12.7 Å². The lowest BCUT2D eigenvalue weighted by molar-refractivity contribution is 0.00620. The van der Waals surface area contributed by atoms with Crippen LogP contribution in [0.3, 0.4) is 0 Å². The lowest BCUT2D eigenvalue weighted by atomic mass is 10.0.